The zero-order valence-corrected chi connectivity index (χ0v) is 11.0. The third kappa shape index (κ3) is 3.54. The molecule has 1 aromatic rings. The molecule has 0 bridgehead atoms. The molecule has 2 heterocycles. The van der Waals surface area contributed by atoms with Crippen molar-refractivity contribution in [1.29, 1.82) is 0 Å². The maximum atomic E-state index is 4.23. The topological polar surface area (TPSA) is 33.1 Å². The van der Waals surface area contributed by atoms with Gasteiger partial charge in [-0.25, -0.2) is 0 Å². The Bertz CT molecular complexity index is 328. The first-order chi connectivity index (χ1) is 8.29. The Balaban J connectivity index is 1.85. The summed E-state index contributed by atoms with van der Waals surface area (Å²) < 4.78 is 1.97. The number of rotatable bonds is 5. The lowest BCUT2D eigenvalue weighted by molar-refractivity contribution is 0.205. The Hall–Kier alpha value is -0.870. The molecule has 1 aliphatic heterocycles. The van der Waals surface area contributed by atoms with E-state index in [1.165, 1.54) is 38.2 Å². The highest BCUT2D eigenvalue weighted by Gasteiger charge is 2.16. The van der Waals surface area contributed by atoms with E-state index in [0.29, 0.717) is 0 Å². The molecule has 1 aliphatic rings. The maximum absolute atomic E-state index is 4.23. The first-order valence-electron chi connectivity index (χ1n) is 6.69. The molecule has 0 aliphatic carbocycles. The Morgan fingerprint density at radius 2 is 2.47 bits per heavy atom. The van der Waals surface area contributed by atoms with Crippen molar-refractivity contribution in [2.24, 2.45) is 13.0 Å². The van der Waals surface area contributed by atoms with Crippen molar-refractivity contribution in [3.63, 3.8) is 0 Å². The summed E-state index contributed by atoms with van der Waals surface area (Å²) in [7, 11) is 2.02. The molecule has 1 unspecified atom stereocenters. The van der Waals surface area contributed by atoms with Crippen LogP contribution in [0.4, 0.5) is 0 Å². The van der Waals surface area contributed by atoms with Gasteiger partial charge in [-0.05, 0) is 44.5 Å². The van der Waals surface area contributed by atoms with Crippen molar-refractivity contribution >= 4 is 0 Å². The van der Waals surface area contributed by atoms with Crippen LogP contribution in [0.5, 0.6) is 0 Å². The van der Waals surface area contributed by atoms with E-state index >= 15 is 0 Å². The minimum Gasteiger partial charge on any atom is -0.316 e. The molecule has 4 heteroatoms. The number of piperidine rings is 1. The molecule has 1 fully saturated rings. The van der Waals surface area contributed by atoms with E-state index in [2.05, 4.69) is 28.3 Å². The minimum atomic E-state index is 0.817. The molecule has 4 nitrogen and oxygen atoms in total. The van der Waals surface area contributed by atoms with Gasteiger partial charge in [0.05, 0.1) is 5.69 Å². The highest BCUT2D eigenvalue weighted by atomic mass is 15.3. The zero-order valence-electron chi connectivity index (χ0n) is 11.0. The van der Waals surface area contributed by atoms with Gasteiger partial charge >= 0.3 is 0 Å². The zero-order chi connectivity index (χ0) is 12.1. The number of aromatic nitrogens is 2. The summed E-state index contributed by atoms with van der Waals surface area (Å²) in [4.78, 5) is 2.52. The molecule has 0 amide bonds. The molecule has 1 N–H and O–H groups in total. The fraction of sp³-hybridized carbons (Fsp3) is 0.769. The molecule has 2 rings (SSSR count). The molecule has 17 heavy (non-hydrogen) atoms. The van der Waals surface area contributed by atoms with Crippen molar-refractivity contribution in [1.82, 2.24) is 20.0 Å². The third-order valence-corrected chi connectivity index (χ3v) is 3.67. The molecule has 1 saturated heterocycles. The Kier molecular flexibility index (Phi) is 4.57. The summed E-state index contributed by atoms with van der Waals surface area (Å²) in [6, 6.07) is 2.11. The average molecular weight is 236 g/mol. The Morgan fingerprint density at radius 1 is 1.59 bits per heavy atom. The lowest BCUT2D eigenvalue weighted by Gasteiger charge is -2.29. The minimum absolute atomic E-state index is 0.817. The van der Waals surface area contributed by atoms with Gasteiger partial charge in [-0.1, -0.05) is 6.92 Å². The van der Waals surface area contributed by atoms with Crippen molar-refractivity contribution in [3.05, 3.63) is 18.0 Å². The van der Waals surface area contributed by atoms with Crippen molar-refractivity contribution < 1.29 is 0 Å². The quantitative estimate of drug-likeness (QED) is 0.835. The smallest absolute Gasteiger partial charge is 0.0521 e. The largest absolute Gasteiger partial charge is 0.316 e. The first-order valence-corrected chi connectivity index (χ1v) is 6.69. The Morgan fingerprint density at radius 3 is 3.06 bits per heavy atom. The van der Waals surface area contributed by atoms with E-state index in [4.69, 9.17) is 0 Å². The highest BCUT2D eigenvalue weighted by Crippen LogP contribution is 2.13. The van der Waals surface area contributed by atoms with Crippen LogP contribution >= 0.6 is 0 Å². The van der Waals surface area contributed by atoms with Gasteiger partial charge in [0, 0.05) is 26.3 Å². The van der Waals surface area contributed by atoms with Crippen molar-refractivity contribution in [2.45, 2.75) is 26.3 Å². The van der Waals surface area contributed by atoms with Gasteiger partial charge in [-0.2, -0.15) is 5.10 Å². The second-order valence-corrected chi connectivity index (χ2v) is 4.99. The van der Waals surface area contributed by atoms with Gasteiger partial charge < -0.3 is 5.32 Å². The number of hydrogen-bond acceptors (Lipinski definition) is 3. The van der Waals surface area contributed by atoms with Gasteiger partial charge in [-0.15, -0.1) is 0 Å². The first kappa shape index (κ1) is 12.6. The monoisotopic (exact) mass is 236 g/mol. The van der Waals surface area contributed by atoms with Crippen molar-refractivity contribution in [3.8, 4) is 0 Å². The second-order valence-electron chi connectivity index (χ2n) is 4.99. The van der Waals surface area contributed by atoms with Gasteiger partial charge in [0.25, 0.3) is 0 Å². The van der Waals surface area contributed by atoms with Crippen LogP contribution in [0.1, 0.15) is 25.5 Å². The molecular weight excluding hydrogens is 212 g/mol. The summed E-state index contributed by atoms with van der Waals surface area (Å²) in [5.41, 5.74) is 1.30. The van der Waals surface area contributed by atoms with Gasteiger partial charge in [0.2, 0.25) is 0 Å². The molecular formula is C13H24N4. The SMILES string of the molecule is CCN(Cc1ccnn1C)CC1CCCNC1. The predicted molar refractivity (Wildman–Crippen MR) is 69.8 cm³/mol. The highest BCUT2D eigenvalue weighted by molar-refractivity contribution is 4.99. The Labute approximate surface area is 104 Å². The van der Waals surface area contributed by atoms with Crippen LogP contribution in [0.3, 0.4) is 0 Å². The molecule has 1 atom stereocenters. The number of nitrogens with zero attached hydrogens (tertiary/aromatic N) is 3. The van der Waals surface area contributed by atoms with Crippen LogP contribution in [0, 0.1) is 5.92 Å². The van der Waals surface area contributed by atoms with Crippen LogP contribution in [0.2, 0.25) is 0 Å². The molecule has 1 aromatic heterocycles. The molecule has 0 radical (unpaired) electrons. The molecule has 0 aromatic carbocycles. The molecule has 96 valence electrons. The standard InChI is InChI=1S/C13H24N4/c1-3-17(10-12-5-4-7-14-9-12)11-13-6-8-15-16(13)2/h6,8,12,14H,3-5,7,9-11H2,1-2H3. The van der Waals surface area contributed by atoms with Crippen LogP contribution in [0.15, 0.2) is 12.3 Å². The molecule has 0 spiro atoms. The lowest BCUT2D eigenvalue weighted by atomic mass is 9.99. The average Bonchev–Trinajstić information content (AvgIpc) is 2.75. The number of aryl methyl sites for hydroxylation is 1. The van der Waals surface area contributed by atoms with Gasteiger partial charge in [0.1, 0.15) is 0 Å². The number of hydrogen-bond donors (Lipinski definition) is 1. The van der Waals surface area contributed by atoms with Crippen LogP contribution in [-0.4, -0.2) is 40.9 Å². The fourth-order valence-corrected chi connectivity index (χ4v) is 2.54. The maximum Gasteiger partial charge on any atom is 0.0521 e. The summed E-state index contributed by atoms with van der Waals surface area (Å²) >= 11 is 0. The third-order valence-electron chi connectivity index (χ3n) is 3.67. The van der Waals surface area contributed by atoms with Gasteiger partial charge in [0.15, 0.2) is 0 Å². The van der Waals surface area contributed by atoms with E-state index in [1.807, 2.05) is 17.9 Å². The van der Waals surface area contributed by atoms with E-state index in [9.17, 15) is 0 Å². The van der Waals surface area contributed by atoms with Gasteiger partial charge in [-0.3, -0.25) is 9.58 Å². The summed E-state index contributed by atoms with van der Waals surface area (Å²) in [5, 5.41) is 7.72. The summed E-state index contributed by atoms with van der Waals surface area (Å²) in [6.07, 6.45) is 4.58. The summed E-state index contributed by atoms with van der Waals surface area (Å²) in [6.45, 7) is 7.96. The van der Waals surface area contributed by atoms with E-state index in [0.717, 1.165) is 19.0 Å². The van der Waals surface area contributed by atoms with E-state index < -0.39 is 0 Å². The fourth-order valence-electron chi connectivity index (χ4n) is 2.54. The van der Waals surface area contributed by atoms with Crippen molar-refractivity contribution in [2.75, 3.05) is 26.2 Å². The van der Waals surface area contributed by atoms with Crippen LogP contribution in [0.25, 0.3) is 0 Å². The van der Waals surface area contributed by atoms with E-state index in [-0.39, 0.29) is 0 Å². The normalized spacial score (nSPS) is 21.0. The second kappa shape index (κ2) is 6.17. The summed E-state index contributed by atoms with van der Waals surface area (Å²) in [5.74, 6) is 0.817. The van der Waals surface area contributed by atoms with Crippen LogP contribution < -0.4 is 5.32 Å². The van der Waals surface area contributed by atoms with Crippen LogP contribution in [-0.2, 0) is 13.6 Å². The number of nitrogens with one attached hydrogen (secondary N) is 1. The lowest BCUT2D eigenvalue weighted by Crippen LogP contribution is -2.38. The molecule has 0 saturated carbocycles. The predicted octanol–water partition coefficient (Wildman–Crippen LogP) is 1.24. The van der Waals surface area contributed by atoms with E-state index in [1.54, 1.807) is 0 Å².